The molecule has 1 atom stereocenters. The van der Waals surface area contributed by atoms with Crippen LogP contribution >= 0.6 is 0 Å². The Morgan fingerprint density at radius 3 is 2.92 bits per heavy atom. The minimum absolute atomic E-state index is 0.0694. The van der Waals surface area contributed by atoms with Gasteiger partial charge in [-0.1, -0.05) is 6.92 Å². The first kappa shape index (κ1) is 15.9. The normalized spacial score (nSPS) is 12.1. The van der Waals surface area contributed by atoms with E-state index in [0.717, 1.165) is 12.1 Å². The highest BCUT2D eigenvalue weighted by Crippen LogP contribution is 2.29. The lowest BCUT2D eigenvalue weighted by atomic mass is 10.1. The second-order valence-corrected chi connectivity index (χ2v) is 5.47. The van der Waals surface area contributed by atoms with Crippen LogP contribution in [0.5, 0.6) is 5.75 Å². The van der Waals surface area contributed by atoms with E-state index in [0.29, 0.717) is 23.8 Å². The van der Waals surface area contributed by atoms with Crippen molar-refractivity contribution in [1.82, 2.24) is 19.7 Å². The van der Waals surface area contributed by atoms with E-state index in [2.05, 4.69) is 20.4 Å². The molecule has 7 nitrogen and oxygen atoms in total. The Morgan fingerprint density at radius 2 is 2.17 bits per heavy atom. The molecule has 3 rings (SSSR count). The number of nitrogens with zero attached hydrogens (tertiary/aromatic N) is 4. The number of rotatable bonds is 6. The van der Waals surface area contributed by atoms with Gasteiger partial charge >= 0.3 is 0 Å². The Bertz CT molecular complexity index is 803. The first-order valence-electron chi connectivity index (χ1n) is 7.83. The molecule has 0 amide bonds. The fraction of sp³-hybridized carbons (Fsp3) is 0.235. The molecule has 0 bridgehead atoms. The predicted octanol–water partition coefficient (Wildman–Crippen LogP) is 2.18. The lowest BCUT2D eigenvalue weighted by Gasteiger charge is -2.12. The van der Waals surface area contributed by atoms with Gasteiger partial charge in [0.1, 0.15) is 11.6 Å². The third kappa shape index (κ3) is 3.52. The molecule has 0 saturated carbocycles. The first-order valence-corrected chi connectivity index (χ1v) is 7.83. The van der Waals surface area contributed by atoms with Gasteiger partial charge in [0.2, 0.25) is 0 Å². The van der Waals surface area contributed by atoms with Crippen LogP contribution in [-0.4, -0.2) is 37.4 Å². The average Bonchev–Trinajstić information content (AvgIpc) is 3.15. The molecular formula is C17H20N6O. The molecule has 0 aliphatic rings. The van der Waals surface area contributed by atoms with E-state index >= 15 is 0 Å². The number of aromatic nitrogens is 4. The molecule has 4 N–H and O–H groups in total. The molecular weight excluding hydrogens is 304 g/mol. The van der Waals surface area contributed by atoms with E-state index in [1.54, 1.807) is 41.3 Å². The summed E-state index contributed by atoms with van der Waals surface area (Å²) in [6, 6.07) is 8.89. The summed E-state index contributed by atoms with van der Waals surface area (Å²) in [5.41, 5.74) is 7.28. The van der Waals surface area contributed by atoms with Crippen molar-refractivity contribution in [3.8, 4) is 22.8 Å². The minimum Gasteiger partial charge on any atom is -0.507 e. The van der Waals surface area contributed by atoms with E-state index < -0.39 is 0 Å². The third-order valence-corrected chi connectivity index (χ3v) is 3.72. The Labute approximate surface area is 140 Å². The van der Waals surface area contributed by atoms with Gasteiger partial charge < -0.3 is 16.2 Å². The van der Waals surface area contributed by atoms with Gasteiger partial charge in [0.25, 0.3) is 0 Å². The lowest BCUT2D eigenvalue weighted by Crippen LogP contribution is -2.28. The summed E-state index contributed by atoms with van der Waals surface area (Å²) in [5.74, 6) is 1.23. The molecule has 1 aromatic carbocycles. The van der Waals surface area contributed by atoms with Gasteiger partial charge in [-0.3, -0.25) is 0 Å². The van der Waals surface area contributed by atoms with Crippen molar-refractivity contribution in [3.05, 3.63) is 48.9 Å². The molecule has 0 unspecified atom stereocenters. The smallest absolute Gasteiger partial charge is 0.165 e. The van der Waals surface area contributed by atoms with Gasteiger partial charge in [0.05, 0.1) is 11.3 Å². The first-order chi connectivity index (χ1) is 11.7. The number of phenols is 1. The van der Waals surface area contributed by atoms with Crippen LogP contribution in [0.15, 0.2) is 48.9 Å². The number of phenolic OH excluding ortho intramolecular Hbond substituents is 1. The second-order valence-electron chi connectivity index (χ2n) is 5.47. The van der Waals surface area contributed by atoms with E-state index in [9.17, 15) is 5.11 Å². The summed E-state index contributed by atoms with van der Waals surface area (Å²) >= 11 is 0. The summed E-state index contributed by atoms with van der Waals surface area (Å²) in [5, 5.41) is 17.6. The number of benzene rings is 1. The maximum atomic E-state index is 10.2. The van der Waals surface area contributed by atoms with Crippen molar-refractivity contribution < 1.29 is 5.11 Å². The quantitative estimate of drug-likeness (QED) is 0.642. The topological polar surface area (TPSA) is 102 Å². The Balaban J connectivity index is 1.90. The van der Waals surface area contributed by atoms with Crippen LogP contribution in [0.25, 0.3) is 17.1 Å². The Hall–Kier alpha value is -2.93. The predicted molar refractivity (Wildman–Crippen MR) is 93.0 cm³/mol. The van der Waals surface area contributed by atoms with Gasteiger partial charge in [-0.25, -0.2) is 14.6 Å². The minimum atomic E-state index is 0.0694. The van der Waals surface area contributed by atoms with Gasteiger partial charge in [-0.05, 0) is 36.8 Å². The fourth-order valence-electron chi connectivity index (χ4n) is 2.23. The van der Waals surface area contributed by atoms with Gasteiger partial charge in [0, 0.05) is 31.2 Å². The van der Waals surface area contributed by atoms with Crippen LogP contribution in [0.1, 0.15) is 13.3 Å². The number of nitrogens with one attached hydrogen (secondary N) is 1. The molecule has 7 heteroatoms. The van der Waals surface area contributed by atoms with E-state index in [-0.39, 0.29) is 11.8 Å². The maximum absolute atomic E-state index is 10.2. The van der Waals surface area contributed by atoms with Crippen LogP contribution in [-0.2, 0) is 0 Å². The van der Waals surface area contributed by atoms with Crippen molar-refractivity contribution in [3.63, 3.8) is 0 Å². The Morgan fingerprint density at radius 1 is 1.29 bits per heavy atom. The summed E-state index contributed by atoms with van der Waals surface area (Å²) in [6.45, 7) is 2.67. The maximum Gasteiger partial charge on any atom is 0.165 e. The largest absolute Gasteiger partial charge is 0.507 e. The highest BCUT2D eigenvalue weighted by atomic mass is 16.3. The molecule has 0 aliphatic carbocycles. The van der Waals surface area contributed by atoms with Crippen LogP contribution in [0.4, 0.5) is 5.82 Å². The molecule has 24 heavy (non-hydrogen) atoms. The number of anilines is 1. The monoisotopic (exact) mass is 324 g/mol. The summed E-state index contributed by atoms with van der Waals surface area (Å²) in [6.07, 6.45) is 6.07. The number of hydrogen-bond donors (Lipinski definition) is 3. The van der Waals surface area contributed by atoms with E-state index in [1.807, 2.05) is 19.2 Å². The molecule has 0 fully saturated rings. The van der Waals surface area contributed by atoms with Crippen LogP contribution in [0, 0.1) is 0 Å². The van der Waals surface area contributed by atoms with E-state index in [1.165, 1.54) is 0 Å². The van der Waals surface area contributed by atoms with Crippen molar-refractivity contribution in [2.45, 2.75) is 19.4 Å². The van der Waals surface area contributed by atoms with Crippen molar-refractivity contribution in [2.24, 2.45) is 5.73 Å². The van der Waals surface area contributed by atoms with Crippen molar-refractivity contribution in [1.29, 1.82) is 0 Å². The molecule has 0 saturated heterocycles. The van der Waals surface area contributed by atoms with E-state index in [4.69, 9.17) is 5.73 Å². The second kappa shape index (κ2) is 7.10. The lowest BCUT2D eigenvalue weighted by molar-refractivity contribution is 0.476. The van der Waals surface area contributed by atoms with Crippen LogP contribution in [0.2, 0.25) is 0 Å². The molecule has 0 radical (unpaired) electrons. The van der Waals surface area contributed by atoms with Gasteiger partial charge in [0.15, 0.2) is 5.82 Å². The highest BCUT2D eigenvalue weighted by Gasteiger charge is 2.11. The van der Waals surface area contributed by atoms with Crippen molar-refractivity contribution in [2.75, 3.05) is 11.9 Å². The van der Waals surface area contributed by atoms with Gasteiger partial charge in [-0.15, -0.1) is 0 Å². The third-order valence-electron chi connectivity index (χ3n) is 3.72. The molecule has 3 aromatic rings. The SMILES string of the molecule is CC[C@@H](N)CNc1ccnc(-c2cc(-n3cccn3)ccc2O)n1. The summed E-state index contributed by atoms with van der Waals surface area (Å²) in [4.78, 5) is 8.73. The molecule has 0 aliphatic heterocycles. The van der Waals surface area contributed by atoms with Crippen molar-refractivity contribution >= 4 is 5.82 Å². The number of nitrogens with two attached hydrogens (primary N) is 1. The van der Waals surface area contributed by atoms with Gasteiger partial charge in [-0.2, -0.15) is 5.10 Å². The molecule has 0 spiro atoms. The molecule has 2 aromatic heterocycles. The fourth-order valence-corrected chi connectivity index (χ4v) is 2.23. The zero-order valence-electron chi connectivity index (χ0n) is 13.4. The van der Waals surface area contributed by atoms with Crippen LogP contribution < -0.4 is 11.1 Å². The number of hydrogen-bond acceptors (Lipinski definition) is 6. The van der Waals surface area contributed by atoms with Crippen LogP contribution in [0.3, 0.4) is 0 Å². The molecule has 2 heterocycles. The zero-order chi connectivity index (χ0) is 16.9. The average molecular weight is 324 g/mol. The standard InChI is InChI=1S/C17H20N6O/c1-2-12(18)11-20-16-6-8-19-17(22-16)14-10-13(4-5-15(14)24)23-9-3-7-21-23/h3-10,12,24H,2,11,18H2,1H3,(H,19,20,22)/t12-/m1/s1. The molecule has 124 valence electrons. The Kier molecular flexibility index (Phi) is 4.72. The summed E-state index contributed by atoms with van der Waals surface area (Å²) < 4.78 is 1.71. The summed E-state index contributed by atoms with van der Waals surface area (Å²) in [7, 11) is 0. The number of aromatic hydroxyl groups is 1. The highest BCUT2D eigenvalue weighted by molar-refractivity contribution is 5.67. The zero-order valence-corrected chi connectivity index (χ0v) is 13.4.